The highest BCUT2D eigenvalue weighted by atomic mass is 16.4. The fourth-order valence-electron chi connectivity index (χ4n) is 2.74. The van der Waals surface area contributed by atoms with Gasteiger partial charge in [0.15, 0.2) is 0 Å². The Morgan fingerprint density at radius 1 is 1.21 bits per heavy atom. The SMILES string of the molecule is Cc1c(CNCC(O)c2ccco2)c(=O)n(-c2ccccc2)n1C. The van der Waals surface area contributed by atoms with Gasteiger partial charge < -0.3 is 14.8 Å². The van der Waals surface area contributed by atoms with Gasteiger partial charge in [-0.1, -0.05) is 18.2 Å². The van der Waals surface area contributed by atoms with Crippen LogP contribution < -0.4 is 10.9 Å². The van der Waals surface area contributed by atoms with Crippen LogP contribution in [0.25, 0.3) is 5.69 Å². The van der Waals surface area contributed by atoms with Crippen LogP contribution in [-0.2, 0) is 13.6 Å². The summed E-state index contributed by atoms with van der Waals surface area (Å²) in [6.45, 7) is 2.61. The summed E-state index contributed by atoms with van der Waals surface area (Å²) in [6, 6.07) is 13.0. The van der Waals surface area contributed by atoms with Crippen molar-refractivity contribution in [2.45, 2.75) is 19.6 Å². The molecule has 0 aliphatic heterocycles. The molecule has 1 unspecified atom stereocenters. The van der Waals surface area contributed by atoms with Crippen LogP contribution in [0, 0.1) is 6.92 Å². The van der Waals surface area contributed by atoms with E-state index < -0.39 is 6.10 Å². The zero-order valence-electron chi connectivity index (χ0n) is 13.8. The minimum absolute atomic E-state index is 0.0545. The Balaban J connectivity index is 1.76. The molecule has 2 aromatic heterocycles. The molecule has 0 aliphatic carbocycles. The van der Waals surface area contributed by atoms with E-state index in [4.69, 9.17) is 4.42 Å². The van der Waals surface area contributed by atoms with E-state index >= 15 is 0 Å². The molecule has 0 radical (unpaired) electrons. The molecule has 1 aromatic carbocycles. The number of rotatable bonds is 6. The molecular weight excluding hydrogens is 306 g/mol. The van der Waals surface area contributed by atoms with Crippen molar-refractivity contribution in [3.8, 4) is 5.69 Å². The molecule has 2 N–H and O–H groups in total. The van der Waals surface area contributed by atoms with E-state index in [0.717, 1.165) is 11.4 Å². The highest BCUT2D eigenvalue weighted by Gasteiger charge is 2.16. The van der Waals surface area contributed by atoms with Crippen molar-refractivity contribution < 1.29 is 9.52 Å². The average molecular weight is 327 g/mol. The third kappa shape index (κ3) is 3.06. The number of aliphatic hydroxyl groups is 1. The molecule has 0 aliphatic rings. The lowest BCUT2D eigenvalue weighted by Gasteiger charge is -2.09. The van der Waals surface area contributed by atoms with Crippen LogP contribution in [0.4, 0.5) is 0 Å². The topological polar surface area (TPSA) is 72.3 Å². The van der Waals surface area contributed by atoms with E-state index in [1.165, 1.54) is 6.26 Å². The maximum atomic E-state index is 12.7. The minimum atomic E-state index is -0.736. The molecule has 6 heteroatoms. The summed E-state index contributed by atoms with van der Waals surface area (Å²) in [7, 11) is 1.87. The molecule has 1 atom stereocenters. The molecule has 0 saturated carbocycles. The number of nitrogens with one attached hydrogen (secondary N) is 1. The Bertz CT molecular complexity index is 848. The third-order valence-corrected chi connectivity index (χ3v) is 4.18. The summed E-state index contributed by atoms with van der Waals surface area (Å²) in [6.07, 6.45) is 0.790. The van der Waals surface area contributed by atoms with E-state index in [1.54, 1.807) is 16.8 Å². The lowest BCUT2D eigenvalue weighted by atomic mass is 10.2. The van der Waals surface area contributed by atoms with Gasteiger partial charge in [0, 0.05) is 25.8 Å². The fourth-order valence-corrected chi connectivity index (χ4v) is 2.74. The van der Waals surface area contributed by atoms with Gasteiger partial charge in [-0.15, -0.1) is 0 Å². The van der Waals surface area contributed by atoms with Crippen LogP contribution >= 0.6 is 0 Å². The van der Waals surface area contributed by atoms with E-state index in [2.05, 4.69) is 5.32 Å². The Kier molecular flexibility index (Phi) is 4.69. The van der Waals surface area contributed by atoms with Crippen LogP contribution in [0.5, 0.6) is 0 Å². The van der Waals surface area contributed by atoms with Crippen molar-refractivity contribution >= 4 is 0 Å². The number of furan rings is 1. The molecular formula is C18H21N3O3. The maximum absolute atomic E-state index is 12.7. The second kappa shape index (κ2) is 6.90. The normalized spacial score (nSPS) is 12.5. The van der Waals surface area contributed by atoms with Crippen molar-refractivity contribution in [1.82, 2.24) is 14.7 Å². The van der Waals surface area contributed by atoms with Crippen molar-refractivity contribution in [3.63, 3.8) is 0 Å². The van der Waals surface area contributed by atoms with Gasteiger partial charge in [-0.3, -0.25) is 9.48 Å². The molecule has 0 fully saturated rings. The van der Waals surface area contributed by atoms with Gasteiger partial charge in [-0.25, -0.2) is 4.68 Å². The van der Waals surface area contributed by atoms with Gasteiger partial charge in [-0.2, -0.15) is 0 Å². The molecule has 6 nitrogen and oxygen atoms in total. The highest BCUT2D eigenvalue weighted by molar-refractivity contribution is 5.33. The first kappa shape index (κ1) is 16.3. The number of para-hydroxylation sites is 1. The molecule has 2 heterocycles. The number of benzene rings is 1. The summed E-state index contributed by atoms with van der Waals surface area (Å²) in [5.41, 5.74) is 2.35. The van der Waals surface area contributed by atoms with Crippen LogP contribution in [0.2, 0.25) is 0 Å². The first-order valence-electron chi connectivity index (χ1n) is 7.84. The van der Waals surface area contributed by atoms with Gasteiger partial charge in [0.25, 0.3) is 5.56 Å². The van der Waals surface area contributed by atoms with Crippen LogP contribution in [-0.4, -0.2) is 21.0 Å². The summed E-state index contributed by atoms with van der Waals surface area (Å²) in [4.78, 5) is 12.7. The van der Waals surface area contributed by atoms with Gasteiger partial charge in [0.05, 0.1) is 17.5 Å². The number of hydrogen-bond acceptors (Lipinski definition) is 4. The molecule has 3 aromatic rings. The zero-order chi connectivity index (χ0) is 17.1. The second-order valence-electron chi connectivity index (χ2n) is 5.70. The molecule has 3 rings (SSSR count). The lowest BCUT2D eigenvalue weighted by molar-refractivity contribution is 0.147. The van der Waals surface area contributed by atoms with Crippen molar-refractivity contribution in [2.75, 3.05) is 6.54 Å². The molecule has 0 bridgehead atoms. The summed E-state index contributed by atoms with van der Waals surface area (Å²) >= 11 is 0. The monoisotopic (exact) mass is 327 g/mol. The predicted octanol–water partition coefficient (Wildman–Crippen LogP) is 1.90. The zero-order valence-corrected chi connectivity index (χ0v) is 13.8. The first-order valence-corrected chi connectivity index (χ1v) is 7.84. The van der Waals surface area contributed by atoms with E-state index in [-0.39, 0.29) is 5.56 Å². The Morgan fingerprint density at radius 2 is 1.96 bits per heavy atom. The molecule has 0 spiro atoms. The van der Waals surface area contributed by atoms with E-state index in [1.807, 2.05) is 49.0 Å². The van der Waals surface area contributed by atoms with E-state index in [0.29, 0.717) is 24.4 Å². The van der Waals surface area contributed by atoms with Gasteiger partial charge in [-0.05, 0) is 31.2 Å². The molecule has 24 heavy (non-hydrogen) atoms. The Morgan fingerprint density at radius 3 is 2.62 bits per heavy atom. The summed E-state index contributed by atoms with van der Waals surface area (Å²) < 4.78 is 8.66. The van der Waals surface area contributed by atoms with Gasteiger partial charge in [0.2, 0.25) is 0 Å². The second-order valence-corrected chi connectivity index (χ2v) is 5.70. The average Bonchev–Trinajstić information content (AvgIpc) is 3.19. The van der Waals surface area contributed by atoms with Crippen LogP contribution in [0.1, 0.15) is 23.1 Å². The molecule has 0 saturated heterocycles. The predicted molar refractivity (Wildman–Crippen MR) is 91.1 cm³/mol. The molecule has 126 valence electrons. The Labute approximate surface area is 139 Å². The van der Waals surface area contributed by atoms with Crippen LogP contribution in [0.3, 0.4) is 0 Å². The quantitative estimate of drug-likeness (QED) is 0.725. The number of hydrogen-bond donors (Lipinski definition) is 2. The lowest BCUT2D eigenvalue weighted by Crippen LogP contribution is -2.26. The maximum Gasteiger partial charge on any atom is 0.276 e. The van der Waals surface area contributed by atoms with Crippen molar-refractivity contribution in [1.29, 1.82) is 0 Å². The number of aromatic nitrogens is 2. The third-order valence-electron chi connectivity index (χ3n) is 4.18. The molecule has 0 amide bonds. The minimum Gasteiger partial charge on any atom is -0.467 e. The largest absolute Gasteiger partial charge is 0.467 e. The summed E-state index contributed by atoms with van der Waals surface area (Å²) in [5, 5.41) is 13.1. The van der Waals surface area contributed by atoms with Crippen LogP contribution in [0.15, 0.2) is 57.9 Å². The first-order chi connectivity index (χ1) is 11.6. The van der Waals surface area contributed by atoms with Gasteiger partial charge >= 0.3 is 0 Å². The smallest absolute Gasteiger partial charge is 0.276 e. The van der Waals surface area contributed by atoms with Gasteiger partial charge in [0.1, 0.15) is 11.9 Å². The summed E-state index contributed by atoms with van der Waals surface area (Å²) in [5.74, 6) is 0.508. The Hall–Kier alpha value is -2.57. The number of nitrogens with zero attached hydrogens (tertiary/aromatic N) is 2. The highest BCUT2D eigenvalue weighted by Crippen LogP contribution is 2.13. The van der Waals surface area contributed by atoms with Crippen molar-refractivity contribution in [3.05, 3.63) is 76.1 Å². The van der Waals surface area contributed by atoms with E-state index in [9.17, 15) is 9.90 Å². The fraction of sp³-hybridized carbons (Fsp3) is 0.278. The number of aliphatic hydroxyl groups excluding tert-OH is 1. The standard InChI is InChI=1S/C18H21N3O3/c1-13-15(11-19-12-16(22)17-9-6-10-24-17)18(23)21(20(13)2)14-7-4-3-5-8-14/h3-10,16,19,22H,11-12H2,1-2H3. The van der Waals surface area contributed by atoms with Crippen molar-refractivity contribution in [2.24, 2.45) is 7.05 Å².